The number of benzene rings is 1. The molecule has 1 atom stereocenters. The first-order valence-electron chi connectivity index (χ1n) is 13.4. The summed E-state index contributed by atoms with van der Waals surface area (Å²) >= 11 is 0. The van der Waals surface area contributed by atoms with E-state index in [-0.39, 0.29) is 44.2 Å². The quantitative estimate of drug-likeness (QED) is 0.147. The number of para-hydroxylation sites is 1. The van der Waals surface area contributed by atoms with Crippen molar-refractivity contribution in [1.82, 2.24) is 14.8 Å². The highest BCUT2D eigenvalue weighted by Gasteiger charge is 2.26. The van der Waals surface area contributed by atoms with E-state index >= 15 is 0 Å². The number of Topliss-reactive ketones (excluding diaryl/α,β-unsaturated/α-hetero) is 2. The van der Waals surface area contributed by atoms with Crippen LogP contribution in [0.2, 0.25) is 0 Å². The monoisotopic (exact) mass is 583 g/mol. The number of carbonyl (C=O) groups is 3. The zero-order valence-electron chi connectivity index (χ0n) is 23.5. The third-order valence-corrected chi connectivity index (χ3v) is 6.77. The number of nitrogens with one attached hydrogen (secondary N) is 1. The van der Waals surface area contributed by atoms with Crippen LogP contribution in [-0.2, 0) is 46.0 Å². The summed E-state index contributed by atoms with van der Waals surface area (Å²) in [5.41, 5.74) is 2.08. The predicted molar refractivity (Wildman–Crippen MR) is 150 cm³/mol. The van der Waals surface area contributed by atoms with E-state index in [9.17, 15) is 18.9 Å². The summed E-state index contributed by atoms with van der Waals surface area (Å²) in [5, 5.41) is 3.70. The standard InChI is InChI=1S/C27H42N3O9P/c1-4-29(3)19-24-17-22-7-5-6-8-26(22)30(24)12-9-25(32)18-23(20-39-40(34,35)36)27(33)28-11-14-38-16-15-37-13-10-21(2)31/h5-8,17,23H,4,9-16,18-20H2,1-3H3,(H,28,33)(H2,34,35,36)/t23-/m0/s1. The van der Waals surface area contributed by atoms with Crippen molar-refractivity contribution < 1.29 is 42.7 Å². The number of nitrogens with zero attached hydrogens (tertiary/aromatic N) is 2. The molecule has 0 unspecified atom stereocenters. The van der Waals surface area contributed by atoms with E-state index in [2.05, 4.69) is 32.3 Å². The Balaban J connectivity index is 1.90. The second kappa shape index (κ2) is 17.4. The van der Waals surface area contributed by atoms with Gasteiger partial charge in [-0.25, -0.2) is 4.57 Å². The fourth-order valence-electron chi connectivity index (χ4n) is 4.01. The first-order valence-corrected chi connectivity index (χ1v) is 14.9. The van der Waals surface area contributed by atoms with Crippen molar-refractivity contribution >= 4 is 36.2 Å². The second-order valence-corrected chi connectivity index (χ2v) is 10.9. The van der Waals surface area contributed by atoms with Gasteiger partial charge >= 0.3 is 7.82 Å². The summed E-state index contributed by atoms with van der Waals surface area (Å²) in [7, 11) is -2.80. The third-order valence-electron chi connectivity index (χ3n) is 6.29. The number of aromatic nitrogens is 1. The SMILES string of the molecule is CCN(C)Cc1cc2ccccc2n1CCC(=O)C[C@@H](COP(=O)(O)O)C(=O)NCCOCCOCCC(C)=O. The number of phosphoric ester groups is 1. The molecule has 3 N–H and O–H groups in total. The Morgan fingerprint density at radius 3 is 2.45 bits per heavy atom. The minimum atomic E-state index is -4.82. The minimum absolute atomic E-state index is 0.0437. The van der Waals surface area contributed by atoms with Crippen molar-refractivity contribution in [3.8, 4) is 0 Å². The van der Waals surface area contributed by atoms with Crippen LogP contribution < -0.4 is 5.32 Å². The van der Waals surface area contributed by atoms with Crippen molar-refractivity contribution in [2.24, 2.45) is 5.92 Å². The Bertz CT molecular complexity index is 1150. The summed E-state index contributed by atoms with van der Waals surface area (Å²) < 4.78 is 28.5. The fourth-order valence-corrected chi connectivity index (χ4v) is 4.38. The molecule has 0 aliphatic carbocycles. The highest BCUT2D eigenvalue weighted by Crippen LogP contribution is 2.36. The number of carbonyl (C=O) groups excluding carboxylic acids is 3. The van der Waals surface area contributed by atoms with Crippen LogP contribution >= 0.6 is 7.82 Å². The summed E-state index contributed by atoms with van der Waals surface area (Å²) in [4.78, 5) is 56.9. The van der Waals surface area contributed by atoms with Crippen molar-refractivity contribution in [3.63, 3.8) is 0 Å². The summed E-state index contributed by atoms with van der Waals surface area (Å²) in [6.07, 6.45) is 0.264. The number of rotatable bonds is 21. The molecular weight excluding hydrogens is 541 g/mol. The number of fused-ring (bicyclic) bond motifs is 1. The van der Waals surface area contributed by atoms with E-state index in [4.69, 9.17) is 19.3 Å². The molecule has 224 valence electrons. The average Bonchev–Trinajstić information content (AvgIpc) is 3.24. The number of ketones is 2. The highest BCUT2D eigenvalue weighted by atomic mass is 31.2. The van der Waals surface area contributed by atoms with Crippen LogP contribution in [0.15, 0.2) is 30.3 Å². The van der Waals surface area contributed by atoms with E-state index < -0.39 is 26.3 Å². The lowest BCUT2D eigenvalue weighted by Gasteiger charge is -2.18. The highest BCUT2D eigenvalue weighted by molar-refractivity contribution is 7.46. The number of aryl methyl sites for hydroxylation is 1. The maximum absolute atomic E-state index is 12.9. The maximum Gasteiger partial charge on any atom is 0.469 e. The third kappa shape index (κ3) is 12.8. The molecule has 0 aliphatic heterocycles. The zero-order valence-corrected chi connectivity index (χ0v) is 24.4. The molecular formula is C27H42N3O9P. The lowest BCUT2D eigenvalue weighted by molar-refractivity contribution is -0.130. The molecule has 0 saturated carbocycles. The molecule has 2 rings (SSSR count). The van der Waals surface area contributed by atoms with Gasteiger partial charge in [-0.05, 0) is 38.0 Å². The van der Waals surface area contributed by atoms with E-state index in [1.54, 1.807) is 0 Å². The Morgan fingerprint density at radius 1 is 1.07 bits per heavy atom. The number of hydrogen-bond donors (Lipinski definition) is 3. The van der Waals surface area contributed by atoms with Gasteiger partial charge in [-0.3, -0.25) is 18.9 Å². The molecule has 1 aromatic carbocycles. The Labute approximate surface area is 235 Å². The number of hydrogen-bond acceptors (Lipinski definition) is 8. The Kier molecular flexibility index (Phi) is 14.7. The zero-order chi connectivity index (χ0) is 29.5. The first-order chi connectivity index (χ1) is 19.0. The van der Waals surface area contributed by atoms with Gasteiger partial charge in [0.05, 0.1) is 39.0 Å². The van der Waals surface area contributed by atoms with Gasteiger partial charge in [0.15, 0.2) is 0 Å². The molecule has 0 bridgehead atoms. The van der Waals surface area contributed by atoms with E-state index in [0.717, 1.165) is 23.1 Å². The van der Waals surface area contributed by atoms with Crippen LogP contribution in [0.5, 0.6) is 0 Å². The van der Waals surface area contributed by atoms with Crippen LogP contribution in [0.25, 0.3) is 10.9 Å². The molecule has 1 amide bonds. The number of ether oxygens (including phenoxy) is 2. The fraction of sp³-hybridized carbons (Fsp3) is 0.593. The molecule has 0 fully saturated rings. The molecule has 0 spiro atoms. The van der Waals surface area contributed by atoms with Gasteiger partial charge < -0.3 is 34.0 Å². The summed E-state index contributed by atoms with van der Waals surface area (Å²) in [5.74, 6) is -1.80. The molecule has 0 radical (unpaired) electrons. The molecule has 13 heteroatoms. The van der Waals surface area contributed by atoms with Gasteiger partial charge in [0.2, 0.25) is 5.91 Å². The van der Waals surface area contributed by atoms with Crippen molar-refractivity contribution in [3.05, 3.63) is 36.0 Å². The minimum Gasteiger partial charge on any atom is -0.379 e. The summed E-state index contributed by atoms with van der Waals surface area (Å²) in [6.45, 7) is 6.19. The van der Waals surface area contributed by atoms with E-state index in [0.29, 0.717) is 32.7 Å². The lowest BCUT2D eigenvalue weighted by atomic mass is 10.0. The molecule has 0 saturated heterocycles. The van der Waals surface area contributed by atoms with Gasteiger partial charge in [0.25, 0.3) is 0 Å². The van der Waals surface area contributed by atoms with Crippen LogP contribution in [-0.4, -0.2) is 89.9 Å². The topological polar surface area (TPSA) is 157 Å². The van der Waals surface area contributed by atoms with Crippen molar-refractivity contribution in [1.29, 1.82) is 0 Å². The molecule has 1 heterocycles. The van der Waals surface area contributed by atoms with Gasteiger partial charge in [-0.15, -0.1) is 0 Å². The van der Waals surface area contributed by atoms with E-state index in [1.807, 2.05) is 31.3 Å². The normalized spacial score (nSPS) is 12.7. The van der Waals surface area contributed by atoms with Gasteiger partial charge in [0, 0.05) is 50.1 Å². The van der Waals surface area contributed by atoms with Gasteiger partial charge in [-0.1, -0.05) is 25.1 Å². The van der Waals surface area contributed by atoms with E-state index in [1.165, 1.54) is 6.92 Å². The van der Waals surface area contributed by atoms with Gasteiger partial charge in [-0.2, -0.15) is 0 Å². The average molecular weight is 584 g/mol. The van der Waals surface area contributed by atoms with Gasteiger partial charge in [0.1, 0.15) is 11.6 Å². The molecule has 12 nitrogen and oxygen atoms in total. The Morgan fingerprint density at radius 2 is 1.77 bits per heavy atom. The maximum atomic E-state index is 12.9. The smallest absolute Gasteiger partial charge is 0.379 e. The summed E-state index contributed by atoms with van der Waals surface area (Å²) in [6, 6.07) is 10.0. The molecule has 2 aromatic rings. The van der Waals surface area contributed by atoms with Crippen LogP contribution in [0.3, 0.4) is 0 Å². The predicted octanol–water partition coefficient (Wildman–Crippen LogP) is 2.30. The lowest BCUT2D eigenvalue weighted by Crippen LogP contribution is -2.36. The van der Waals surface area contributed by atoms with Crippen LogP contribution in [0.4, 0.5) is 0 Å². The molecule has 40 heavy (non-hydrogen) atoms. The second-order valence-electron chi connectivity index (χ2n) is 9.62. The molecule has 0 aliphatic rings. The largest absolute Gasteiger partial charge is 0.469 e. The number of phosphoric acid groups is 1. The first kappa shape index (κ1) is 33.8. The Hall–Kier alpha value is -2.44. The molecule has 1 aromatic heterocycles. The van der Waals surface area contributed by atoms with Crippen LogP contribution in [0, 0.1) is 5.92 Å². The number of amides is 1. The van der Waals surface area contributed by atoms with Crippen molar-refractivity contribution in [2.75, 3.05) is 53.2 Å². The van der Waals surface area contributed by atoms with Crippen LogP contribution in [0.1, 0.15) is 38.8 Å². The van der Waals surface area contributed by atoms with Crippen molar-refractivity contribution in [2.45, 2.75) is 46.2 Å².